The summed E-state index contributed by atoms with van der Waals surface area (Å²) in [5, 5.41) is 10.3. The van der Waals surface area contributed by atoms with E-state index in [9.17, 15) is 0 Å². The molecule has 0 fully saturated rings. The lowest BCUT2D eigenvalue weighted by Gasteiger charge is -2.07. The molecule has 0 saturated heterocycles. The zero-order chi connectivity index (χ0) is 12.9. The topological polar surface area (TPSA) is 76.9 Å². The Morgan fingerprint density at radius 3 is 2.32 bits per heavy atom. The molecule has 1 aliphatic rings. The standard InChI is InChI=1S/C10H8Cl2N6.ClH/c1-18-16-8-9(13)14-6-2-4(11)5(12)3-7(6)15-10(8)17-18;/h2-3,13,16-17H,1H3;1H. The second-order valence-electron chi connectivity index (χ2n) is 3.83. The van der Waals surface area contributed by atoms with Crippen LogP contribution in [-0.4, -0.2) is 22.1 Å². The van der Waals surface area contributed by atoms with Crippen LogP contribution < -0.4 is 16.3 Å². The summed E-state index contributed by atoms with van der Waals surface area (Å²) in [6.45, 7) is 0. The summed E-state index contributed by atoms with van der Waals surface area (Å²) in [5.41, 5.74) is 7.59. The van der Waals surface area contributed by atoms with Gasteiger partial charge in [-0.2, -0.15) is 0 Å². The number of rotatable bonds is 0. The highest BCUT2D eigenvalue weighted by Gasteiger charge is 2.18. The van der Waals surface area contributed by atoms with Gasteiger partial charge in [0.2, 0.25) is 0 Å². The number of anilines is 2. The number of nitrogens with one attached hydrogen (secondary N) is 3. The van der Waals surface area contributed by atoms with Gasteiger partial charge in [0, 0.05) is 7.05 Å². The summed E-state index contributed by atoms with van der Waals surface area (Å²) < 4.78 is 0. The lowest BCUT2D eigenvalue weighted by Crippen LogP contribution is -2.25. The molecule has 19 heavy (non-hydrogen) atoms. The van der Waals surface area contributed by atoms with Crippen LogP contribution in [0.25, 0.3) is 11.0 Å². The third-order valence-corrected chi connectivity index (χ3v) is 3.23. The van der Waals surface area contributed by atoms with Crippen molar-refractivity contribution < 1.29 is 0 Å². The van der Waals surface area contributed by atoms with Crippen molar-refractivity contribution in [2.24, 2.45) is 0 Å². The largest absolute Gasteiger partial charge is 0.295 e. The number of nitrogens with zero attached hydrogens (tertiary/aromatic N) is 3. The third-order valence-electron chi connectivity index (χ3n) is 2.51. The molecule has 3 rings (SSSR count). The fraction of sp³-hybridized carbons (Fsp3) is 0.100. The van der Waals surface area contributed by atoms with Gasteiger partial charge in [-0.15, -0.1) is 17.5 Å². The Kier molecular flexibility index (Phi) is 3.69. The number of halogens is 3. The first-order valence-electron chi connectivity index (χ1n) is 5.07. The molecular formula is C10H9Cl3N6. The van der Waals surface area contributed by atoms with Crippen molar-refractivity contribution in [1.82, 2.24) is 15.1 Å². The van der Waals surface area contributed by atoms with Gasteiger partial charge in [-0.1, -0.05) is 23.2 Å². The molecule has 9 heteroatoms. The summed E-state index contributed by atoms with van der Waals surface area (Å²) in [5.74, 6) is 0.531. The lowest BCUT2D eigenvalue weighted by atomic mass is 10.3. The van der Waals surface area contributed by atoms with Crippen molar-refractivity contribution in [3.63, 3.8) is 0 Å². The Hall–Kier alpha value is -1.34. The summed E-state index contributed by atoms with van der Waals surface area (Å²) in [6.07, 6.45) is 0. The highest BCUT2D eigenvalue weighted by Crippen LogP contribution is 2.27. The first-order valence-corrected chi connectivity index (χ1v) is 5.83. The monoisotopic (exact) mass is 318 g/mol. The van der Waals surface area contributed by atoms with Crippen molar-refractivity contribution >= 4 is 58.1 Å². The van der Waals surface area contributed by atoms with Crippen LogP contribution in [0.3, 0.4) is 0 Å². The molecule has 0 atom stereocenters. The number of hydrogen-bond acceptors (Lipinski definition) is 6. The van der Waals surface area contributed by atoms with Crippen LogP contribution in [0.5, 0.6) is 0 Å². The molecule has 0 unspecified atom stereocenters. The summed E-state index contributed by atoms with van der Waals surface area (Å²) >= 11 is 11.9. The van der Waals surface area contributed by atoms with Crippen LogP contribution in [0, 0.1) is 5.41 Å². The van der Waals surface area contributed by atoms with Crippen molar-refractivity contribution in [2.75, 3.05) is 17.9 Å². The van der Waals surface area contributed by atoms with Crippen molar-refractivity contribution in [1.29, 1.82) is 5.41 Å². The van der Waals surface area contributed by atoms with Gasteiger partial charge < -0.3 is 0 Å². The van der Waals surface area contributed by atoms with Crippen LogP contribution in [0.15, 0.2) is 12.1 Å². The molecule has 0 radical (unpaired) electrons. The van der Waals surface area contributed by atoms with Crippen LogP contribution in [0.4, 0.5) is 11.5 Å². The normalized spacial score (nSPS) is 13.4. The van der Waals surface area contributed by atoms with E-state index in [1.165, 1.54) is 0 Å². The molecule has 2 aromatic rings. The maximum absolute atomic E-state index is 7.91. The maximum Gasteiger partial charge on any atom is 0.174 e. The Morgan fingerprint density at radius 2 is 1.68 bits per heavy atom. The minimum atomic E-state index is 0. The molecule has 2 heterocycles. The van der Waals surface area contributed by atoms with E-state index >= 15 is 0 Å². The van der Waals surface area contributed by atoms with Crippen molar-refractivity contribution in [3.8, 4) is 0 Å². The summed E-state index contributed by atoms with van der Waals surface area (Å²) in [7, 11) is 1.77. The average molecular weight is 320 g/mol. The molecule has 100 valence electrons. The summed E-state index contributed by atoms with van der Waals surface area (Å²) in [4.78, 5) is 8.57. The second kappa shape index (κ2) is 4.97. The zero-order valence-electron chi connectivity index (χ0n) is 9.66. The van der Waals surface area contributed by atoms with Gasteiger partial charge in [0.25, 0.3) is 0 Å². The minimum absolute atomic E-state index is 0. The van der Waals surface area contributed by atoms with E-state index in [0.29, 0.717) is 32.6 Å². The number of fused-ring (bicyclic) bond motifs is 2. The van der Waals surface area contributed by atoms with Gasteiger partial charge in [0.05, 0.1) is 21.1 Å². The van der Waals surface area contributed by atoms with Crippen molar-refractivity contribution in [2.45, 2.75) is 0 Å². The Bertz CT molecular complexity index is 720. The molecule has 6 nitrogen and oxygen atoms in total. The predicted octanol–water partition coefficient (Wildman–Crippen LogP) is 2.44. The maximum atomic E-state index is 7.91. The van der Waals surface area contributed by atoms with E-state index in [2.05, 4.69) is 20.8 Å². The number of hydrogen-bond donors (Lipinski definition) is 3. The van der Waals surface area contributed by atoms with Gasteiger partial charge in [-0.05, 0) is 12.1 Å². The number of hydrazine groups is 2. The molecule has 0 saturated carbocycles. The molecule has 1 aromatic carbocycles. The number of benzene rings is 1. The van der Waals surface area contributed by atoms with Crippen LogP contribution in [-0.2, 0) is 0 Å². The zero-order valence-corrected chi connectivity index (χ0v) is 12.0. The van der Waals surface area contributed by atoms with E-state index in [0.717, 1.165) is 0 Å². The Morgan fingerprint density at radius 1 is 1.11 bits per heavy atom. The van der Waals surface area contributed by atoms with Crippen LogP contribution in [0.1, 0.15) is 0 Å². The fourth-order valence-corrected chi connectivity index (χ4v) is 2.03. The quantitative estimate of drug-likeness (QED) is 0.695. The van der Waals surface area contributed by atoms with E-state index in [1.807, 2.05) is 0 Å². The van der Waals surface area contributed by atoms with Gasteiger partial charge in [-0.25, -0.2) is 9.97 Å². The first kappa shape index (κ1) is 14.1. The molecule has 3 N–H and O–H groups in total. The van der Waals surface area contributed by atoms with Crippen LogP contribution in [0.2, 0.25) is 10.0 Å². The second-order valence-corrected chi connectivity index (χ2v) is 4.65. The van der Waals surface area contributed by atoms with Gasteiger partial charge in [-0.3, -0.25) is 16.3 Å². The Balaban J connectivity index is 0.00000133. The Labute approximate surface area is 124 Å². The van der Waals surface area contributed by atoms with E-state index in [1.54, 1.807) is 24.3 Å². The molecule has 1 aromatic heterocycles. The molecule has 0 aliphatic carbocycles. The SMILES string of the molecule is CN1Nc2nc3cc(Cl)c(Cl)cc3nc(=N)c2N1.Cl. The van der Waals surface area contributed by atoms with E-state index < -0.39 is 0 Å². The number of aromatic nitrogens is 2. The van der Waals surface area contributed by atoms with Gasteiger partial charge in [0.1, 0.15) is 5.69 Å². The van der Waals surface area contributed by atoms with Crippen molar-refractivity contribution in [3.05, 3.63) is 27.7 Å². The highest BCUT2D eigenvalue weighted by atomic mass is 35.5. The lowest BCUT2D eigenvalue weighted by molar-refractivity contribution is 0.504. The van der Waals surface area contributed by atoms with Gasteiger partial charge in [0.15, 0.2) is 11.3 Å². The highest BCUT2D eigenvalue weighted by molar-refractivity contribution is 6.42. The molecule has 0 amide bonds. The summed E-state index contributed by atoms with van der Waals surface area (Å²) in [6, 6.07) is 3.23. The third kappa shape index (κ3) is 2.40. The van der Waals surface area contributed by atoms with E-state index in [-0.39, 0.29) is 17.9 Å². The van der Waals surface area contributed by atoms with Gasteiger partial charge >= 0.3 is 0 Å². The van der Waals surface area contributed by atoms with E-state index in [4.69, 9.17) is 28.6 Å². The smallest absolute Gasteiger partial charge is 0.174 e. The molecule has 1 aliphatic heterocycles. The minimum Gasteiger partial charge on any atom is -0.295 e. The average Bonchev–Trinajstić information content (AvgIpc) is 2.61. The molecule has 0 bridgehead atoms. The molecule has 0 spiro atoms. The van der Waals surface area contributed by atoms with Crippen LogP contribution >= 0.6 is 35.6 Å². The fourth-order valence-electron chi connectivity index (χ4n) is 1.71. The molecular weight excluding hydrogens is 311 g/mol. The predicted molar refractivity (Wildman–Crippen MR) is 77.7 cm³/mol. The first-order chi connectivity index (χ1) is 8.54.